The third kappa shape index (κ3) is 3.16. The van der Waals surface area contributed by atoms with Crippen LogP contribution in [0.5, 0.6) is 11.5 Å². The maximum Gasteiger partial charge on any atom is 0.165 e. The first kappa shape index (κ1) is 13.2. The zero-order chi connectivity index (χ0) is 12.8. The fourth-order valence-electron chi connectivity index (χ4n) is 2.60. The highest BCUT2D eigenvalue weighted by Gasteiger charge is 2.16. The lowest BCUT2D eigenvalue weighted by atomic mass is 9.90. The summed E-state index contributed by atoms with van der Waals surface area (Å²) < 4.78 is 11.3. The van der Waals surface area contributed by atoms with Crippen LogP contribution in [0.2, 0.25) is 0 Å². The number of hydrogen-bond acceptors (Lipinski definition) is 3. The molecule has 1 aliphatic rings. The first-order chi connectivity index (χ1) is 8.85. The molecule has 0 radical (unpaired) electrons. The molecular formula is C15H23NO2. The largest absolute Gasteiger partial charge is 0.493 e. The van der Waals surface area contributed by atoms with Gasteiger partial charge >= 0.3 is 0 Å². The Kier molecular flexibility index (Phi) is 4.88. The van der Waals surface area contributed by atoms with Crippen molar-refractivity contribution in [3.63, 3.8) is 0 Å². The Morgan fingerprint density at radius 3 is 2.67 bits per heavy atom. The maximum absolute atomic E-state index is 5.98. The van der Waals surface area contributed by atoms with Crippen LogP contribution in [-0.4, -0.2) is 13.7 Å². The van der Waals surface area contributed by atoms with Gasteiger partial charge in [0.05, 0.1) is 13.7 Å². The van der Waals surface area contributed by atoms with Gasteiger partial charge in [-0.3, -0.25) is 0 Å². The van der Waals surface area contributed by atoms with Crippen LogP contribution in [0.4, 0.5) is 0 Å². The lowest BCUT2D eigenvalue weighted by molar-refractivity contribution is 0.201. The fourth-order valence-corrected chi connectivity index (χ4v) is 2.60. The molecule has 2 rings (SSSR count). The van der Waals surface area contributed by atoms with Gasteiger partial charge in [0.25, 0.3) is 0 Å². The molecule has 0 aliphatic heterocycles. The van der Waals surface area contributed by atoms with Crippen molar-refractivity contribution in [2.45, 2.75) is 38.6 Å². The van der Waals surface area contributed by atoms with Gasteiger partial charge in [-0.15, -0.1) is 0 Å². The summed E-state index contributed by atoms with van der Waals surface area (Å²) in [6, 6.07) is 5.88. The smallest absolute Gasteiger partial charge is 0.165 e. The normalized spacial score (nSPS) is 16.6. The van der Waals surface area contributed by atoms with Crippen LogP contribution < -0.4 is 15.2 Å². The number of para-hydroxylation sites is 1. The number of benzene rings is 1. The summed E-state index contributed by atoms with van der Waals surface area (Å²) in [5, 5.41) is 0. The molecule has 100 valence electrons. The molecule has 0 aromatic heterocycles. The van der Waals surface area contributed by atoms with Crippen LogP contribution in [0.3, 0.4) is 0 Å². The zero-order valence-corrected chi connectivity index (χ0v) is 11.2. The van der Waals surface area contributed by atoms with Gasteiger partial charge in [-0.05, 0) is 24.8 Å². The van der Waals surface area contributed by atoms with Crippen LogP contribution in [0, 0.1) is 5.92 Å². The first-order valence-electron chi connectivity index (χ1n) is 6.84. The molecule has 1 fully saturated rings. The lowest BCUT2D eigenvalue weighted by Gasteiger charge is -2.23. The highest BCUT2D eigenvalue weighted by atomic mass is 16.5. The molecule has 1 aromatic carbocycles. The van der Waals surface area contributed by atoms with Crippen LogP contribution in [0.15, 0.2) is 18.2 Å². The Bertz CT molecular complexity index is 351. The van der Waals surface area contributed by atoms with Gasteiger partial charge in [-0.25, -0.2) is 0 Å². The van der Waals surface area contributed by atoms with Gasteiger partial charge in [-0.1, -0.05) is 31.4 Å². The molecule has 18 heavy (non-hydrogen) atoms. The van der Waals surface area contributed by atoms with Crippen molar-refractivity contribution in [1.82, 2.24) is 0 Å². The van der Waals surface area contributed by atoms with Crippen molar-refractivity contribution >= 4 is 0 Å². The molecule has 3 nitrogen and oxygen atoms in total. The lowest BCUT2D eigenvalue weighted by Crippen LogP contribution is -2.16. The molecule has 0 spiro atoms. The summed E-state index contributed by atoms with van der Waals surface area (Å²) in [4.78, 5) is 0. The molecule has 0 bridgehead atoms. The molecule has 3 heteroatoms. The predicted octanol–water partition coefficient (Wildman–Crippen LogP) is 3.11. The Hall–Kier alpha value is -1.22. The third-order valence-corrected chi connectivity index (χ3v) is 3.69. The van der Waals surface area contributed by atoms with Gasteiger partial charge in [0.2, 0.25) is 0 Å². The van der Waals surface area contributed by atoms with Gasteiger partial charge in [0.1, 0.15) is 0 Å². The summed E-state index contributed by atoms with van der Waals surface area (Å²) in [6.07, 6.45) is 6.62. The third-order valence-electron chi connectivity index (χ3n) is 3.69. The number of nitrogens with two attached hydrogens (primary N) is 1. The van der Waals surface area contributed by atoms with Crippen LogP contribution in [-0.2, 0) is 6.54 Å². The first-order valence-corrected chi connectivity index (χ1v) is 6.84. The maximum atomic E-state index is 5.98. The second kappa shape index (κ2) is 6.64. The van der Waals surface area contributed by atoms with E-state index in [0.29, 0.717) is 12.5 Å². The van der Waals surface area contributed by atoms with Gasteiger partial charge in [0, 0.05) is 12.1 Å². The fraction of sp³-hybridized carbons (Fsp3) is 0.600. The Morgan fingerprint density at radius 1 is 1.22 bits per heavy atom. The van der Waals surface area contributed by atoms with Gasteiger partial charge in [-0.2, -0.15) is 0 Å². The van der Waals surface area contributed by atoms with Crippen molar-refractivity contribution in [2.24, 2.45) is 11.7 Å². The summed E-state index contributed by atoms with van der Waals surface area (Å²) in [5.74, 6) is 2.30. The van der Waals surface area contributed by atoms with E-state index < -0.39 is 0 Å². The second-order valence-corrected chi connectivity index (χ2v) is 4.97. The minimum atomic E-state index is 0.483. The van der Waals surface area contributed by atoms with E-state index in [-0.39, 0.29) is 0 Å². The van der Waals surface area contributed by atoms with Crippen molar-refractivity contribution < 1.29 is 9.47 Å². The molecule has 2 N–H and O–H groups in total. The summed E-state index contributed by atoms with van der Waals surface area (Å²) in [6.45, 7) is 1.27. The monoisotopic (exact) mass is 249 g/mol. The number of ether oxygens (including phenoxy) is 2. The van der Waals surface area contributed by atoms with Gasteiger partial charge in [0.15, 0.2) is 11.5 Å². The predicted molar refractivity (Wildman–Crippen MR) is 73.0 cm³/mol. The molecule has 0 heterocycles. The minimum absolute atomic E-state index is 0.483. The quantitative estimate of drug-likeness (QED) is 0.872. The molecule has 1 aliphatic carbocycles. The zero-order valence-electron chi connectivity index (χ0n) is 11.2. The van der Waals surface area contributed by atoms with Crippen LogP contribution in [0.1, 0.15) is 37.7 Å². The van der Waals surface area contributed by atoms with E-state index in [9.17, 15) is 0 Å². The van der Waals surface area contributed by atoms with E-state index in [1.807, 2.05) is 18.2 Å². The highest BCUT2D eigenvalue weighted by molar-refractivity contribution is 5.46. The second-order valence-electron chi connectivity index (χ2n) is 4.97. The van der Waals surface area contributed by atoms with Gasteiger partial charge < -0.3 is 15.2 Å². The van der Waals surface area contributed by atoms with Crippen molar-refractivity contribution in [3.05, 3.63) is 23.8 Å². The van der Waals surface area contributed by atoms with Crippen molar-refractivity contribution in [1.29, 1.82) is 0 Å². The SMILES string of the molecule is COc1cccc(CN)c1OCC1CCCCC1. The standard InChI is InChI=1S/C15H23NO2/c1-17-14-9-5-8-13(10-16)15(14)18-11-12-6-3-2-4-7-12/h5,8-9,12H,2-4,6-7,10-11,16H2,1H3. The summed E-state index contributed by atoms with van der Waals surface area (Å²) in [5.41, 5.74) is 6.77. The number of rotatable bonds is 5. The number of methoxy groups -OCH3 is 1. The molecule has 0 amide bonds. The topological polar surface area (TPSA) is 44.5 Å². The van der Waals surface area contributed by atoms with Crippen LogP contribution in [0.25, 0.3) is 0 Å². The molecule has 0 saturated heterocycles. The molecule has 0 unspecified atom stereocenters. The molecule has 1 aromatic rings. The molecule has 1 saturated carbocycles. The van der Waals surface area contributed by atoms with E-state index in [4.69, 9.17) is 15.2 Å². The van der Waals surface area contributed by atoms with E-state index in [1.54, 1.807) is 7.11 Å². The summed E-state index contributed by atoms with van der Waals surface area (Å²) in [7, 11) is 1.67. The van der Waals surface area contributed by atoms with E-state index in [0.717, 1.165) is 23.7 Å². The average molecular weight is 249 g/mol. The Balaban J connectivity index is 2.02. The van der Waals surface area contributed by atoms with Crippen molar-refractivity contribution in [3.8, 4) is 11.5 Å². The molecular weight excluding hydrogens is 226 g/mol. The van der Waals surface area contributed by atoms with E-state index in [2.05, 4.69) is 0 Å². The summed E-state index contributed by atoms with van der Waals surface area (Å²) >= 11 is 0. The highest BCUT2D eigenvalue weighted by Crippen LogP contribution is 2.32. The van der Waals surface area contributed by atoms with Crippen molar-refractivity contribution in [2.75, 3.05) is 13.7 Å². The minimum Gasteiger partial charge on any atom is -0.493 e. The van der Waals surface area contributed by atoms with Crippen LogP contribution >= 0.6 is 0 Å². The number of hydrogen-bond donors (Lipinski definition) is 1. The Morgan fingerprint density at radius 2 is 2.00 bits per heavy atom. The van der Waals surface area contributed by atoms with E-state index in [1.165, 1.54) is 32.1 Å². The molecule has 0 atom stereocenters. The average Bonchev–Trinajstić information content (AvgIpc) is 2.45. The Labute approximate surface area is 109 Å². The van der Waals surface area contributed by atoms with E-state index >= 15 is 0 Å².